The Morgan fingerprint density at radius 3 is 2.16 bits per heavy atom. The fraction of sp³-hybridized carbons (Fsp3) is 0.379. The normalized spacial score (nSPS) is 16.8. The van der Waals surface area contributed by atoms with Gasteiger partial charge in [0.05, 0.1) is 38.7 Å². The van der Waals surface area contributed by atoms with Gasteiger partial charge in [-0.1, -0.05) is 23.7 Å². The molecule has 0 radical (unpaired) electrons. The summed E-state index contributed by atoms with van der Waals surface area (Å²) in [4.78, 5) is 45.8. The average Bonchev–Trinajstić information content (AvgIpc) is 3.31. The van der Waals surface area contributed by atoms with Crippen LogP contribution in [-0.4, -0.2) is 94.4 Å². The van der Waals surface area contributed by atoms with E-state index in [0.717, 1.165) is 18.5 Å². The first kappa shape index (κ1) is 33.3. The number of hydrogen-bond acceptors (Lipinski definition) is 10. The summed E-state index contributed by atoms with van der Waals surface area (Å²) >= 11 is 6.36. The van der Waals surface area contributed by atoms with Crippen molar-refractivity contribution in [1.29, 1.82) is 0 Å². The largest absolute Gasteiger partial charge is 0.496 e. The molecule has 0 bridgehead atoms. The minimum absolute atomic E-state index is 0.00766. The number of likely N-dealkylation sites (N-methyl/N-ethyl adjacent to an activating group) is 1. The number of aliphatic hydroxyl groups is 2. The molecule has 14 heteroatoms. The molecule has 13 nitrogen and oxygen atoms in total. The van der Waals surface area contributed by atoms with Crippen LogP contribution in [0.25, 0.3) is 22.3 Å². The van der Waals surface area contributed by atoms with Gasteiger partial charge in [0.25, 0.3) is 0 Å². The van der Waals surface area contributed by atoms with Crippen LogP contribution in [0.15, 0.2) is 45.6 Å². The lowest BCUT2D eigenvalue weighted by molar-refractivity contribution is -0.170. The zero-order valence-electron chi connectivity index (χ0n) is 23.6. The van der Waals surface area contributed by atoms with Gasteiger partial charge in [0.15, 0.2) is 11.0 Å². The maximum Gasteiger partial charge on any atom is 0.336 e. The summed E-state index contributed by atoms with van der Waals surface area (Å²) < 4.78 is 17.5. The summed E-state index contributed by atoms with van der Waals surface area (Å²) in [5, 5.41) is 44.7. The number of carbonyl (C=O) groups is 3. The third kappa shape index (κ3) is 7.25. The molecule has 1 saturated heterocycles. The molecule has 0 spiro atoms. The van der Waals surface area contributed by atoms with Crippen molar-refractivity contribution in [2.45, 2.75) is 36.8 Å². The first-order chi connectivity index (χ1) is 20.3. The highest BCUT2D eigenvalue weighted by Gasteiger charge is 2.41. The average molecular weight is 622 g/mol. The van der Waals surface area contributed by atoms with Crippen LogP contribution in [0.3, 0.4) is 0 Å². The minimum Gasteiger partial charge on any atom is -0.496 e. The molecule has 0 saturated carbocycles. The number of carboxylic acids is 3. The second-order valence-corrected chi connectivity index (χ2v) is 10.4. The van der Waals surface area contributed by atoms with Gasteiger partial charge in [-0.3, -0.25) is 14.4 Å². The van der Waals surface area contributed by atoms with Crippen LogP contribution in [0.4, 0.5) is 0 Å². The lowest BCUT2D eigenvalue weighted by atomic mass is 9.89. The first-order valence-corrected chi connectivity index (χ1v) is 13.3. The van der Waals surface area contributed by atoms with Crippen LogP contribution < -0.4 is 14.9 Å². The molecule has 232 valence electrons. The highest BCUT2D eigenvalue weighted by atomic mass is 35.5. The number of benzene rings is 2. The van der Waals surface area contributed by atoms with E-state index in [1.54, 1.807) is 19.2 Å². The van der Waals surface area contributed by atoms with Crippen molar-refractivity contribution >= 4 is 40.5 Å². The summed E-state index contributed by atoms with van der Waals surface area (Å²) in [6.45, 7) is 0.813. The number of nitrogens with zero attached hydrogens (tertiary/aromatic N) is 1. The number of hydrogen-bond donors (Lipinski definition) is 5. The van der Waals surface area contributed by atoms with Crippen LogP contribution in [0, 0.1) is 0 Å². The zero-order valence-corrected chi connectivity index (χ0v) is 24.3. The van der Waals surface area contributed by atoms with Crippen LogP contribution in [0.2, 0.25) is 5.02 Å². The number of methoxy groups -OCH3 is 2. The van der Waals surface area contributed by atoms with E-state index in [0.29, 0.717) is 38.8 Å². The van der Waals surface area contributed by atoms with Crippen molar-refractivity contribution in [2.24, 2.45) is 0 Å². The highest BCUT2D eigenvalue weighted by Crippen LogP contribution is 2.45. The maximum absolute atomic E-state index is 13.2. The number of ether oxygens (including phenoxy) is 2. The third-order valence-corrected chi connectivity index (χ3v) is 7.54. The molecule has 2 atom stereocenters. The Morgan fingerprint density at radius 2 is 1.65 bits per heavy atom. The fourth-order valence-electron chi connectivity index (χ4n) is 5.10. The van der Waals surface area contributed by atoms with E-state index < -0.39 is 36.4 Å². The molecule has 0 amide bonds. The van der Waals surface area contributed by atoms with Gasteiger partial charge in [-0.15, -0.1) is 0 Å². The Morgan fingerprint density at radius 1 is 1.05 bits per heavy atom. The Bertz CT molecular complexity index is 1550. The molecule has 2 heterocycles. The topological polar surface area (TPSA) is 204 Å². The summed E-state index contributed by atoms with van der Waals surface area (Å²) in [6, 6.07) is 10.3. The van der Waals surface area contributed by atoms with E-state index >= 15 is 0 Å². The van der Waals surface area contributed by atoms with Crippen LogP contribution >= 0.6 is 11.6 Å². The lowest BCUT2D eigenvalue weighted by Crippen LogP contribution is -2.42. The molecular weight excluding hydrogens is 590 g/mol. The van der Waals surface area contributed by atoms with Gasteiger partial charge in [0, 0.05) is 35.2 Å². The van der Waals surface area contributed by atoms with E-state index in [1.165, 1.54) is 13.2 Å². The SMILES string of the molecule is COc1cc(OC)c2c(=O)cc(-c3ccccc3Cl)oc2c1[C@@H]1CCN(C)[C@H]1CO.O=C(O)CC(O)(CC(=O)O)C(=O)O. The van der Waals surface area contributed by atoms with E-state index in [1.807, 2.05) is 25.2 Å². The van der Waals surface area contributed by atoms with E-state index in [-0.39, 0.29) is 24.0 Å². The van der Waals surface area contributed by atoms with Gasteiger partial charge in [-0.25, -0.2) is 4.79 Å². The van der Waals surface area contributed by atoms with Crippen molar-refractivity contribution in [2.75, 3.05) is 34.4 Å². The van der Waals surface area contributed by atoms with Crippen molar-refractivity contribution in [3.8, 4) is 22.8 Å². The fourth-order valence-corrected chi connectivity index (χ4v) is 5.33. The van der Waals surface area contributed by atoms with E-state index in [2.05, 4.69) is 4.90 Å². The van der Waals surface area contributed by atoms with E-state index in [4.69, 9.17) is 45.9 Å². The number of fused-ring (bicyclic) bond motifs is 1. The van der Waals surface area contributed by atoms with Gasteiger partial charge in [-0.05, 0) is 32.1 Å². The van der Waals surface area contributed by atoms with Crippen LogP contribution in [0.1, 0.15) is 30.7 Å². The molecule has 3 aromatic rings. The summed E-state index contributed by atoms with van der Waals surface area (Å²) in [6.07, 6.45) is -1.48. The molecule has 5 N–H and O–H groups in total. The summed E-state index contributed by atoms with van der Waals surface area (Å²) in [5.41, 5.74) is -1.15. The quantitative estimate of drug-likeness (QED) is 0.221. The second-order valence-electron chi connectivity index (χ2n) is 9.96. The molecule has 2 aromatic carbocycles. The summed E-state index contributed by atoms with van der Waals surface area (Å²) in [7, 11) is 5.06. The molecule has 1 fully saturated rings. The molecule has 1 aliphatic rings. The Hall–Kier alpha value is -4.17. The van der Waals surface area contributed by atoms with Crippen molar-refractivity contribution in [3.05, 3.63) is 57.2 Å². The molecule has 1 aromatic heterocycles. The number of aliphatic carboxylic acids is 3. The monoisotopic (exact) mass is 621 g/mol. The van der Waals surface area contributed by atoms with Crippen LogP contribution in [-0.2, 0) is 14.4 Å². The predicted molar refractivity (Wildman–Crippen MR) is 154 cm³/mol. The molecule has 43 heavy (non-hydrogen) atoms. The number of rotatable bonds is 10. The molecule has 1 aliphatic heterocycles. The molecule has 4 rings (SSSR count). The number of carboxylic acid groups (broad SMARTS) is 3. The Balaban J connectivity index is 0.000000331. The van der Waals surface area contributed by atoms with Crippen LogP contribution in [0.5, 0.6) is 11.5 Å². The maximum atomic E-state index is 13.2. The minimum atomic E-state index is -2.74. The lowest BCUT2D eigenvalue weighted by Gasteiger charge is -2.25. The highest BCUT2D eigenvalue weighted by molar-refractivity contribution is 6.33. The van der Waals surface area contributed by atoms with E-state index in [9.17, 15) is 24.3 Å². The van der Waals surface area contributed by atoms with Crippen molar-refractivity contribution in [1.82, 2.24) is 4.90 Å². The van der Waals surface area contributed by atoms with Gasteiger partial charge in [-0.2, -0.15) is 0 Å². The first-order valence-electron chi connectivity index (χ1n) is 13.0. The van der Waals surface area contributed by atoms with Crippen molar-refractivity contribution < 1.29 is 53.8 Å². The molecule has 0 aliphatic carbocycles. The summed E-state index contributed by atoms with van der Waals surface area (Å²) in [5.74, 6) is -3.75. The zero-order chi connectivity index (χ0) is 32.1. The smallest absolute Gasteiger partial charge is 0.336 e. The second kappa shape index (κ2) is 13.9. The third-order valence-electron chi connectivity index (χ3n) is 7.21. The number of likely N-dealkylation sites (tertiary alicyclic amines) is 1. The van der Waals surface area contributed by atoms with Crippen molar-refractivity contribution in [3.63, 3.8) is 0 Å². The van der Waals surface area contributed by atoms with Gasteiger partial charge in [0.1, 0.15) is 28.2 Å². The van der Waals surface area contributed by atoms with Gasteiger partial charge >= 0.3 is 17.9 Å². The standard InChI is InChI=1S/C23H24ClNO5.C6H8O7/c1-25-9-8-14(16(25)12-26)21-19(28-2)11-20(29-3)22-17(27)10-18(30-23(21)22)13-6-4-5-7-15(13)24;7-3(8)1-6(13,5(11)12)2-4(9)10/h4-7,10-11,14,16,26H,8-9,12H2,1-3H3;13H,1-2H2,(H,7,8)(H,9,10)(H,11,12)/t14-,16+;/m1./s1. The Labute approximate surface area is 250 Å². The van der Waals surface area contributed by atoms with Gasteiger partial charge < -0.3 is 44.3 Å². The molecule has 0 unspecified atom stereocenters. The number of halogens is 1. The molecular formula is C29H32ClNO12. The number of aliphatic hydroxyl groups excluding tert-OH is 1. The van der Waals surface area contributed by atoms with Gasteiger partial charge in [0.2, 0.25) is 0 Å². The Kier molecular flexibility index (Phi) is 10.8. The predicted octanol–water partition coefficient (Wildman–Crippen LogP) is 2.66.